The second kappa shape index (κ2) is 7.36. The van der Waals surface area contributed by atoms with Crippen molar-refractivity contribution in [2.45, 2.75) is 39.2 Å². The molecule has 0 radical (unpaired) electrons. The average molecular weight is 256 g/mol. The first-order valence-corrected chi connectivity index (χ1v) is 6.67. The molecule has 0 aromatic heterocycles. The average Bonchev–Trinajstić information content (AvgIpc) is 3.14. The predicted molar refractivity (Wildman–Crippen MR) is 69.0 cm³/mol. The minimum Gasteiger partial charge on any atom is -0.385 e. The third-order valence-corrected chi connectivity index (χ3v) is 3.29. The Morgan fingerprint density at radius 1 is 1.33 bits per heavy atom. The van der Waals surface area contributed by atoms with E-state index < -0.39 is 0 Å². The number of nitrogens with one attached hydrogen (secondary N) is 2. The van der Waals surface area contributed by atoms with Gasteiger partial charge < -0.3 is 15.4 Å². The molecule has 0 bridgehead atoms. The molecule has 1 aliphatic rings. The van der Waals surface area contributed by atoms with Crippen LogP contribution in [0.4, 0.5) is 0 Å². The van der Waals surface area contributed by atoms with Crippen LogP contribution in [-0.2, 0) is 14.3 Å². The van der Waals surface area contributed by atoms with Gasteiger partial charge in [-0.2, -0.15) is 0 Å². The third kappa shape index (κ3) is 4.64. The van der Waals surface area contributed by atoms with Crippen molar-refractivity contribution in [3.05, 3.63) is 0 Å². The number of carbonyl (C=O) groups is 2. The molecule has 0 saturated heterocycles. The molecule has 5 heteroatoms. The van der Waals surface area contributed by atoms with Crippen LogP contribution in [-0.4, -0.2) is 38.1 Å². The molecule has 0 heterocycles. The fraction of sp³-hybridized carbons (Fsp3) is 0.846. The van der Waals surface area contributed by atoms with Gasteiger partial charge in [0.25, 0.3) is 0 Å². The number of amides is 2. The zero-order valence-electron chi connectivity index (χ0n) is 11.5. The lowest BCUT2D eigenvalue weighted by Gasteiger charge is -2.11. The number of methoxy groups -OCH3 is 1. The smallest absolute Gasteiger partial charge is 0.224 e. The maximum absolute atomic E-state index is 11.8. The van der Waals surface area contributed by atoms with Gasteiger partial charge in [0.05, 0.1) is 11.8 Å². The van der Waals surface area contributed by atoms with E-state index in [4.69, 9.17) is 4.74 Å². The summed E-state index contributed by atoms with van der Waals surface area (Å²) in [6, 6.07) is 0.184. The molecule has 1 saturated carbocycles. The van der Waals surface area contributed by atoms with Crippen molar-refractivity contribution in [3.8, 4) is 0 Å². The molecule has 3 atom stereocenters. The largest absolute Gasteiger partial charge is 0.385 e. The quantitative estimate of drug-likeness (QED) is 0.628. The zero-order valence-corrected chi connectivity index (χ0v) is 11.5. The number of rotatable bonds is 8. The Morgan fingerprint density at radius 3 is 2.61 bits per heavy atom. The molecular formula is C13H24N2O3. The molecule has 0 aromatic carbocycles. The monoisotopic (exact) mass is 256 g/mol. The van der Waals surface area contributed by atoms with E-state index in [9.17, 15) is 9.59 Å². The van der Waals surface area contributed by atoms with Gasteiger partial charge in [0.2, 0.25) is 11.8 Å². The number of ether oxygens (including phenoxy) is 1. The van der Waals surface area contributed by atoms with Crippen molar-refractivity contribution in [3.63, 3.8) is 0 Å². The minimum absolute atomic E-state index is 0.00426. The summed E-state index contributed by atoms with van der Waals surface area (Å²) in [7, 11) is 1.64. The molecule has 3 unspecified atom stereocenters. The molecule has 1 aliphatic carbocycles. The normalized spacial score (nSPS) is 23.3. The molecule has 1 fully saturated rings. The predicted octanol–water partition coefficient (Wildman–Crippen LogP) is 0.690. The molecule has 5 nitrogen and oxygen atoms in total. The van der Waals surface area contributed by atoms with Crippen LogP contribution in [0.2, 0.25) is 0 Å². The number of hydrogen-bond donors (Lipinski definition) is 2. The van der Waals surface area contributed by atoms with Gasteiger partial charge in [-0.05, 0) is 26.2 Å². The van der Waals surface area contributed by atoms with Crippen molar-refractivity contribution in [1.82, 2.24) is 10.6 Å². The lowest BCUT2D eigenvalue weighted by Crippen LogP contribution is -2.35. The Balaban J connectivity index is 2.18. The highest BCUT2D eigenvalue weighted by Crippen LogP contribution is 2.38. The van der Waals surface area contributed by atoms with E-state index in [2.05, 4.69) is 10.6 Å². The summed E-state index contributed by atoms with van der Waals surface area (Å²) in [5, 5.41) is 5.75. The third-order valence-electron chi connectivity index (χ3n) is 3.29. The van der Waals surface area contributed by atoms with E-state index in [1.54, 1.807) is 7.11 Å². The van der Waals surface area contributed by atoms with Crippen molar-refractivity contribution in [2.75, 3.05) is 20.3 Å². The summed E-state index contributed by atoms with van der Waals surface area (Å²) in [6.45, 7) is 5.25. The van der Waals surface area contributed by atoms with E-state index in [0.29, 0.717) is 19.6 Å². The number of carbonyl (C=O) groups excluding carboxylic acids is 2. The fourth-order valence-corrected chi connectivity index (χ4v) is 1.79. The Hall–Kier alpha value is -1.10. The molecule has 1 rings (SSSR count). The van der Waals surface area contributed by atoms with Crippen LogP contribution in [0.5, 0.6) is 0 Å². The highest BCUT2D eigenvalue weighted by Gasteiger charge is 2.47. The van der Waals surface area contributed by atoms with E-state index in [1.165, 1.54) is 0 Å². The first-order valence-electron chi connectivity index (χ1n) is 6.67. The second-order valence-corrected chi connectivity index (χ2v) is 4.90. The second-order valence-electron chi connectivity index (χ2n) is 4.90. The van der Waals surface area contributed by atoms with Crippen molar-refractivity contribution >= 4 is 11.8 Å². The zero-order chi connectivity index (χ0) is 13.5. The SMILES string of the molecule is CCC(C)NC(=O)C1CC1C(=O)NCCCOC. The lowest BCUT2D eigenvalue weighted by atomic mass is 10.2. The van der Waals surface area contributed by atoms with E-state index in [1.807, 2.05) is 13.8 Å². The summed E-state index contributed by atoms with van der Waals surface area (Å²) < 4.78 is 4.90. The summed E-state index contributed by atoms with van der Waals surface area (Å²) in [5.41, 5.74) is 0. The van der Waals surface area contributed by atoms with Crippen LogP contribution >= 0.6 is 0 Å². The fourth-order valence-electron chi connectivity index (χ4n) is 1.79. The molecular weight excluding hydrogens is 232 g/mol. The highest BCUT2D eigenvalue weighted by atomic mass is 16.5. The van der Waals surface area contributed by atoms with Crippen LogP contribution in [0.15, 0.2) is 0 Å². The Morgan fingerprint density at radius 2 is 2.00 bits per heavy atom. The molecule has 104 valence electrons. The van der Waals surface area contributed by atoms with Gasteiger partial charge in [0, 0.05) is 26.3 Å². The highest BCUT2D eigenvalue weighted by molar-refractivity contribution is 5.92. The topological polar surface area (TPSA) is 67.4 Å². The van der Waals surface area contributed by atoms with Crippen LogP contribution in [0, 0.1) is 11.8 Å². The Kier molecular flexibility index (Phi) is 6.12. The molecule has 0 aliphatic heterocycles. The molecule has 2 N–H and O–H groups in total. The Bertz CT molecular complexity index is 294. The summed E-state index contributed by atoms with van der Waals surface area (Å²) >= 11 is 0. The van der Waals surface area contributed by atoms with E-state index >= 15 is 0 Å². The summed E-state index contributed by atoms with van der Waals surface area (Å²) in [5.74, 6) is -0.241. The first kappa shape index (κ1) is 15.0. The minimum atomic E-state index is -0.128. The van der Waals surface area contributed by atoms with Gasteiger partial charge in [-0.3, -0.25) is 9.59 Å². The van der Waals surface area contributed by atoms with Crippen molar-refractivity contribution in [1.29, 1.82) is 0 Å². The van der Waals surface area contributed by atoms with Gasteiger partial charge in [0.1, 0.15) is 0 Å². The Labute approximate surface area is 109 Å². The van der Waals surface area contributed by atoms with Gasteiger partial charge in [-0.25, -0.2) is 0 Å². The van der Waals surface area contributed by atoms with Gasteiger partial charge >= 0.3 is 0 Å². The number of hydrogen-bond acceptors (Lipinski definition) is 3. The molecule has 18 heavy (non-hydrogen) atoms. The van der Waals surface area contributed by atoms with E-state index in [-0.39, 0.29) is 29.7 Å². The van der Waals surface area contributed by atoms with Crippen LogP contribution in [0.3, 0.4) is 0 Å². The van der Waals surface area contributed by atoms with Crippen LogP contribution in [0.1, 0.15) is 33.1 Å². The van der Waals surface area contributed by atoms with E-state index in [0.717, 1.165) is 12.8 Å². The first-order chi connectivity index (χ1) is 8.60. The molecule has 0 aromatic rings. The molecule has 0 spiro atoms. The summed E-state index contributed by atoms with van der Waals surface area (Å²) in [6.07, 6.45) is 2.39. The maximum atomic E-state index is 11.8. The van der Waals surface area contributed by atoms with Gasteiger partial charge in [-0.15, -0.1) is 0 Å². The summed E-state index contributed by atoms with van der Waals surface area (Å²) in [4.78, 5) is 23.5. The molecule has 2 amide bonds. The van der Waals surface area contributed by atoms with Gasteiger partial charge in [0.15, 0.2) is 0 Å². The van der Waals surface area contributed by atoms with Crippen LogP contribution in [0.25, 0.3) is 0 Å². The van der Waals surface area contributed by atoms with Crippen molar-refractivity contribution in [2.24, 2.45) is 11.8 Å². The van der Waals surface area contributed by atoms with Crippen molar-refractivity contribution < 1.29 is 14.3 Å². The van der Waals surface area contributed by atoms with Gasteiger partial charge in [-0.1, -0.05) is 6.92 Å². The lowest BCUT2D eigenvalue weighted by molar-refractivity contribution is -0.127. The standard InChI is InChI=1S/C13H24N2O3/c1-4-9(2)15-13(17)11-8-10(11)12(16)14-6-5-7-18-3/h9-11H,4-8H2,1-3H3,(H,14,16)(H,15,17). The maximum Gasteiger partial charge on any atom is 0.224 e. The van der Waals surface area contributed by atoms with Crippen LogP contribution < -0.4 is 10.6 Å².